The van der Waals surface area contributed by atoms with Crippen LogP contribution >= 0.6 is 0 Å². The quantitative estimate of drug-likeness (QED) is 0.461. The van der Waals surface area contributed by atoms with E-state index in [4.69, 9.17) is 0 Å². The van der Waals surface area contributed by atoms with Crippen LogP contribution in [0, 0.1) is 10.1 Å². The average molecular weight is 274 g/mol. The zero-order chi connectivity index (χ0) is 14.8. The third-order valence-electron chi connectivity index (χ3n) is 3.61. The summed E-state index contributed by atoms with van der Waals surface area (Å²) in [4.78, 5) is 21.4. The number of hydrogen-bond donors (Lipinski definition) is 0. The van der Waals surface area contributed by atoms with Crippen LogP contribution in [0.15, 0.2) is 30.5 Å². The Balaban J connectivity index is 2.07. The molecule has 2 rings (SSSR count). The van der Waals surface area contributed by atoms with E-state index in [1.54, 1.807) is 19.9 Å². The van der Waals surface area contributed by atoms with Gasteiger partial charge >= 0.3 is 0 Å². The molecule has 0 atom stereocenters. The smallest absolute Gasteiger partial charge is 0.216 e. The van der Waals surface area contributed by atoms with Gasteiger partial charge in [0.25, 0.3) is 0 Å². The minimum Gasteiger partial charge on any atom is -0.347 e. The first-order chi connectivity index (χ1) is 9.44. The molecule has 5 heteroatoms. The van der Waals surface area contributed by atoms with Gasteiger partial charge in [0.2, 0.25) is 5.54 Å². The maximum atomic E-state index is 10.9. The second-order valence-corrected chi connectivity index (χ2v) is 5.62. The van der Waals surface area contributed by atoms with Crippen molar-refractivity contribution in [2.45, 2.75) is 38.8 Å². The summed E-state index contributed by atoms with van der Waals surface area (Å²) in [5.41, 5.74) is 0.826. The molecule has 0 aliphatic rings. The summed E-state index contributed by atoms with van der Waals surface area (Å²) in [6, 6.07) is 7.51. The number of nitrogens with zero attached hydrogens (tertiary/aromatic N) is 2. The third kappa shape index (κ3) is 2.87. The zero-order valence-electron chi connectivity index (χ0n) is 11.7. The molecule has 0 bridgehead atoms. The van der Waals surface area contributed by atoms with Gasteiger partial charge in [-0.1, -0.05) is 0 Å². The average Bonchev–Trinajstić information content (AvgIpc) is 2.81. The first-order valence-corrected chi connectivity index (χ1v) is 6.62. The summed E-state index contributed by atoms with van der Waals surface area (Å²) < 4.78 is 2.07. The number of rotatable bonds is 6. The molecule has 0 unspecified atom stereocenters. The predicted octanol–water partition coefficient (Wildman–Crippen LogP) is 3.29. The number of hydrogen-bond acceptors (Lipinski definition) is 3. The molecule has 0 aliphatic heterocycles. The van der Waals surface area contributed by atoms with Crippen molar-refractivity contribution in [3.8, 4) is 0 Å². The highest BCUT2D eigenvalue weighted by atomic mass is 16.6. The van der Waals surface area contributed by atoms with Gasteiger partial charge in [-0.3, -0.25) is 14.9 Å². The lowest BCUT2D eigenvalue weighted by molar-refractivity contribution is -0.561. The van der Waals surface area contributed by atoms with Gasteiger partial charge in [0.1, 0.15) is 6.29 Å². The highest BCUT2D eigenvalue weighted by Crippen LogP contribution is 2.20. The van der Waals surface area contributed by atoms with E-state index in [2.05, 4.69) is 4.57 Å². The van der Waals surface area contributed by atoms with E-state index < -0.39 is 5.54 Å². The minimum absolute atomic E-state index is 0.225. The molecule has 0 amide bonds. The molecule has 1 aromatic heterocycles. The topological polar surface area (TPSA) is 65.1 Å². The van der Waals surface area contributed by atoms with E-state index in [-0.39, 0.29) is 4.92 Å². The van der Waals surface area contributed by atoms with Gasteiger partial charge < -0.3 is 4.57 Å². The molecular formula is C15H18N2O3. The molecule has 106 valence electrons. The number of aromatic nitrogens is 1. The molecule has 0 fully saturated rings. The van der Waals surface area contributed by atoms with Gasteiger partial charge in [-0.05, 0) is 30.7 Å². The highest BCUT2D eigenvalue weighted by molar-refractivity contribution is 5.87. The van der Waals surface area contributed by atoms with Crippen molar-refractivity contribution in [1.29, 1.82) is 0 Å². The first kappa shape index (κ1) is 14.2. The maximum absolute atomic E-state index is 10.9. The molecule has 2 aromatic rings. The lowest BCUT2D eigenvalue weighted by Gasteiger charge is -2.15. The second-order valence-electron chi connectivity index (χ2n) is 5.62. The van der Waals surface area contributed by atoms with Crippen molar-refractivity contribution < 1.29 is 9.72 Å². The lowest BCUT2D eigenvalue weighted by atomic mass is 10.00. The third-order valence-corrected chi connectivity index (χ3v) is 3.61. The maximum Gasteiger partial charge on any atom is 0.216 e. The van der Waals surface area contributed by atoms with E-state index in [0.29, 0.717) is 12.0 Å². The van der Waals surface area contributed by atoms with Crippen molar-refractivity contribution in [2.24, 2.45) is 0 Å². The Morgan fingerprint density at radius 3 is 2.75 bits per heavy atom. The van der Waals surface area contributed by atoms with Crippen LogP contribution in [-0.4, -0.2) is 21.3 Å². The number of nitro groups is 1. The molecule has 1 aromatic carbocycles. The Morgan fingerprint density at radius 1 is 1.35 bits per heavy atom. The van der Waals surface area contributed by atoms with E-state index in [9.17, 15) is 14.9 Å². The number of aldehydes is 1. The van der Waals surface area contributed by atoms with E-state index in [0.717, 1.165) is 30.2 Å². The van der Waals surface area contributed by atoms with Crippen LogP contribution in [0.4, 0.5) is 0 Å². The molecule has 0 spiro atoms. The Hall–Kier alpha value is -2.17. The molecule has 5 nitrogen and oxygen atoms in total. The zero-order valence-corrected chi connectivity index (χ0v) is 11.7. The van der Waals surface area contributed by atoms with E-state index in [1.807, 2.05) is 24.4 Å². The fourth-order valence-corrected chi connectivity index (χ4v) is 2.26. The molecule has 0 N–H and O–H groups in total. The van der Waals surface area contributed by atoms with Crippen LogP contribution in [0.1, 0.15) is 37.0 Å². The van der Waals surface area contributed by atoms with Gasteiger partial charge in [0.05, 0.1) is 0 Å². The fourth-order valence-electron chi connectivity index (χ4n) is 2.26. The van der Waals surface area contributed by atoms with Crippen molar-refractivity contribution in [3.63, 3.8) is 0 Å². The monoisotopic (exact) mass is 274 g/mol. The summed E-state index contributed by atoms with van der Waals surface area (Å²) in [6.07, 6.45) is 4.06. The molecule has 20 heavy (non-hydrogen) atoms. The van der Waals surface area contributed by atoms with Gasteiger partial charge in [0.15, 0.2) is 0 Å². The van der Waals surface area contributed by atoms with Crippen molar-refractivity contribution >= 4 is 17.2 Å². The molecule has 0 saturated carbocycles. The van der Waals surface area contributed by atoms with Gasteiger partial charge in [-0.25, -0.2) is 0 Å². The van der Waals surface area contributed by atoms with Crippen molar-refractivity contribution in [1.82, 2.24) is 4.57 Å². The van der Waals surface area contributed by atoms with Crippen LogP contribution in [-0.2, 0) is 6.54 Å². The number of carbonyl (C=O) groups excluding carboxylic acids is 1. The molecule has 0 aliphatic carbocycles. The Labute approximate surface area is 117 Å². The molecule has 1 heterocycles. The van der Waals surface area contributed by atoms with E-state index >= 15 is 0 Å². The Kier molecular flexibility index (Phi) is 3.88. The normalized spacial score (nSPS) is 11.7. The SMILES string of the molecule is CC(C)(CCCn1ccc2cc(C=O)ccc21)[N+](=O)[O-]. The van der Waals surface area contributed by atoms with Crippen molar-refractivity contribution in [2.75, 3.05) is 0 Å². The number of carbonyl (C=O) groups is 1. The number of aryl methyl sites for hydroxylation is 1. The summed E-state index contributed by atoms with van der Waals surface area (Å²) in [5.74, 6) is 0. The van der Waals surface area contributed by atoms with Crippen molar-refractivity contribution in [3.05, 3.63) is 46.1 Å². The lowest BCUT2D eigenvalue weighted by Crippen LogP contribution is -2.30. The standard InChI is InChI=1S/C15H18N2O3/c1-15(2,17(19)20)7-3-8-16-9-6-13-10-12(11-18)4-5-14(13)16/h4-6,9-11H,3,7-8H2,1-2H3. The molecular weight excluding hydrogens is 256 g/mol. The summed E-state index contributed by atoms with van der Waals surface area (Å²) in [7, 11) is 0. The van der Waals surface area contributed by atoms with Gasteiger partial charge in [0, 0.05) is 54.4 Å². The minimum atomic E-state index is -0.881. The van der Waals surface area contributed by atoms with Gasteiger partial charge in [-0.2, -0.15) is 0 Å². The predicted molar refractivity (Wildman–Crippen MR) is 77.6 cm³/mol. The van der Waals surface area contributed by atoms with Crippen LogP contribution in [0.5, 0.6) is 0 Å². The Bertz CT molecular complexity index is 644. The van der Waals surface area contributed by atoms with Crippen LogP contribution < -0.4 is 0 Å². The number of benzene rings is 1. The summed E-state index contributed by atoms with van der Waals surface area (Å²) in [6.45, 7) is 4.04. The van der Waals surface area contributed by atoms with Crippen LogP contribution in [0.25, 0.3) is 10.9 Å². The Morgan fingerprint density at radius 2 is 2.10 bits per heavy atom. The van der Waals surface area contributed by atoms with Crippen LogP contribution in [0.2, 0.25) is 0 Å². The highest BCUT2D eigenvalue weighted by Gasteiger charge is 2.29. The van der Waals surface area contributed by atoms with Crippen LogP contribution in [0.3, 0.4) is 0 Å². The second kappa shape index (κ2) is 5.45. The number of fused-ring (bicyclic) bond motifs is 1. The van der Waals surface area contributed by atoms with E-state index in [1.165, 1.54) is 0 Å². The molecule has 0 radical (unpaired) electrons. The summed E-state index contributed by atoms with van der Waals surface area (Å²) in [5, 5.41) is 11.9. The van der Waals surface area contributed by atoms with Gasteiger partial charge in [-0.15, -0.1) is 0 Å². The first-order valence-electron chi connectivity index (χ1n) is 6.62. The largest absolute Gasteiger partial charge is 0.347 e. The summed E-state index contributed by atoms with van der Waals surface area (Å²) >= 11 is 0. The molecule has 0 saturated heterocycles. The fraction of sp³-hybridized carbons (Fsp3) is 0.400.